The molecule has 2 aromatic rings. The molecule has 1 aliphatic rings. The van der Waals surface area contributed by atoms with Gasteiger partial charge in [0, 0.05) is 11.8 Å². The molecule has 2 heteroatoms. The molecule has 0 aromatic heterocycles. The lowest BCUT2D eigenvalue weighted by atomic mass is 9.92. The molecule has 114 valence electrons. The van der Waals surface area contributed by atoms with Crippen molar-refractivity contribution in [2.24, 2.45) is 10.9 Å². The number of rotatable bonds is 4. The van der Waals surface area contributed by atoms with Crippen LogP contribution in [-0.2, 0) is 0 Å². The third-order valence-corrected chi connectivity index (χ3v) is 3.88. The predicted octanol–water partition coefficient (Wildman–Crippen LogP) is 5.33. The van der Waals surface area contributed by atoms with E-state index in [9.17, 15) is 0 Å². The van der Waals surface area contributed by atoms with E-state index in [0.717, 1.165) is 28.8 Å². The summed E-state index contributed by atoms with van der Waals surface area (Å²) in [5.41, 5.74) is 4.26. The van der Waals surface area contributed by atoms with Crippen molar-refractivity contribution < 1.29 is 0 Å². The van der Waals surface area contributed by atoms with E-state index in [1.165, 1.54) is 0 Å². The first kappa shape index (κ1) is 15.2. The van der Waals surface area contributed by atoms with Gasteiger partial charge in [-0.3, -0.25) is 10.4 Å². The van der Waals surface area contributed by atoms with Crippen LogP contribution in [0.5, 0.6) is 0 Å². The Hall–Kier alpha value is -2.74. The first-order valence-corrected chi connectivity index (χ1v) is 7.90. The second-order valence-corrected chi connectivity index (χ2v) is 5.80. The number of nitrogens with zero attached hydrogens (tertiary/aromatic N) is 1. The van der Waals surface area contributed by atoms with Gasteiger partial charge in [0.25, 0.3) is 0 Å². The minimum atomic E-state index is 0.482. The molecule has 1 N–H and O–H groups in total. The molecular weight excluding hydrogens is 280 g/mol. The minimum Gasteiger partial charge on any atom is -0.300 e. The van der Waals surface area contributed by atoms with Gasteiger partial charge in [0.1, 0.15) is 0 Å². The first-order valence-electron chi connectivity index (χ1n) is 7.90. The number of benzene rings is 2. The van der Waals surface area contributed by atoms with Crippen molar-refractivity contribution in [1.29, 1.82) is 5.41 Å². The highest BCUT2D eigenvalue weighted by Crippen LogP contribution is 2.25. The fourth-order valence-corrected chi connectivity index (χ4v) is 2.64. The monoisotopic (exact) mass is 300 g/mol. The number of hydrogen-bond acceptors (Lipinski definition) is 2. The maximum absolute atomic E-state index is 8.54. The molecule has 1 aliphatic carbocycles. The Balaban J connectivity index is 1.91. The summed E-state index contributed by atoms with van der Waals surface area (Å²) in [6.07, 6.45) is 9.24. The molecule has 0 amide bonds. The van der Waals surface area contributed by atoms with Gasteiger partial charge in [-0.25, -0.2) is 0 Å². The molecule has 1 atom stereocenters. The van der Waals surface area contributed by atoms with Crippen LogP contribution in [0.3, 0.4) is 0 Å². The van der Waals surface area contributed by atoms with Gasteiger partial charge >= 0.3 is 0 Å². The number of hydrogen-bond donors (Lipinski definition) is 1. The summed E-state index contributed by atoms with van der Waals surface area (Å²) < 4.78 is 0. The summed E-state index contributed by atoms with van der Waals surface area (Å²) >= 11 is 0. The van der Waals surface area contributed by atoms with Gasteiger partial charge in [-0.1, -0.05) is 73.7 Å². The zero-order valence-electron chi connectivity index (χ0n) is 13.2. The number of nitrogens with one attached hydrogen (secondary N) is 1. The Labute approximate surface area is 137 Å². The molecule has 0 saturated carbocycles. The van der Waals surface area contributed by atoms with Crippen LogP contribution in [0.15, 0.2) is 83.4 Å². The van der Waals surface area contributed by atoms with Crippen LogP contribution < -0.4 is 0 Å². The van der Waals surface area contributed by atoms with E-state index < -0.39 is 0 Å². The van der Waals surface area contributed by atoms with Gasteiger partial charge in [0.15, 0.2) is 0 Å². The lowest BCUT2D eigenvalue weighted by molar-refractivity contribution is 0.733. The van der Waals surface area contributed by atoms with Gasteiger partial charge in [-0.2, -0.15) is 0 Å². The van der Waals surface area contributed by atoms with E-state index in [1.807, 2.05) is 66.9 Å². The zero-order valence-corrected chi connectivity index (χ0v) is 13.2. The van der Waals surface area contributed by atoms with Crippen LogP contribution in [0.2, 0.25) is 0 Å². The Morgan fingerprint density at radius 1 is 1.09 bits per heavy atom. The summed E-state index contributed by atoms with van der Waals surface area (Å²) in [5, 5.41) is 8.54. The maximum atomic E-state index is 8.54. The zero-order chi connectivity index (χ0) is 16.1. The van der Waals surface area contributed by atoms with E-state index in [0.29, 0.717) is 11.6 Å². The fourth-order valence-electron chi connectivity index (χ4n) is 2.64. The van der Waals surface area contributed by atoms with Crippen LogP contribution in [-0.4, -0.2) is 11.9 Å². The van der Waals surface area contributed by atoms with Crippen molar-refractivity contribution in [2.45, 2.75) is 13.3 Å². The Kier molecular flexibility index (Phi) is 4.62. The average molecular weight is 300 g/mol. The maximum Gasteiger partial charge on any atom is 0.0723 e. The van der Waals surface area contributed by atoms with E-state index in [-0.39, 0.29) is 0 Å². The van der Waals surface area contributed by atoms with Gasteiger partial charge in [-0.15, -0.1) is 0 Å². The summed E-state index contributed by atoms with van der Waals surface area (Å²) in [6.45, 7) is 2.18. The molecular formula is C21H20N2. The fraction of sp³-hybridized carbons (Fsp3) is 0.143. The topological polar surface area (TPSA) is 36.2 Å². The van der Waals surface area contributed by atoms with Gasteiger partial charge < -0.3 is 0 Å². The molecule has 23 heavy (non-hydrogen) atoms. The average Bonchev–Trinajstić information content (AvgIpc) is 2.60. The van der Waals surface area contributed by atoms with Crippen LogP contribution in [0.4, 0.5) is 5.69 Å². The Morgan fingerprint density at radius 2 is 1.83 bits per heavy atom. The number of aliphatic imine (C=N–C) groups is 1. The van der Waals surface area contributed by atoms with E-state index in [4.69, 9.17) is 5.41 Å². The second-order valence-electron chi connectivity index (χ2n) is 5.80. The summed E-state index contributed by atoms with van der Waals surface area (Å²) in [5.74, 6) is 0.482. The van der Waals surface area contributed by atoms with Gasteiger partial charge in [0.2, 0.25) is 0 Å². The molecule has 2 aromatic carbocycles. The van der Waals surface area contributed by atoms with Crippen LogP contribution in [0.25, 0.3) is 0 Å². The first-order chi connectivity index (χ1) is 11.2. The standard InChI is InChI=1S/C21H20N2/c1-16-8-7-11-18(14-16)21(22)19-12-5-6-13-20(19)23-15-17-9-3-2-4-10-17/h2-7,9-16,22H,8H2,1H3/t16-/m1/s1. The van der Waals surface area contributed by atoms with E-state index >= 15 is 0 Å². The van der Waals surface area contributed by atoms with Crippen molar-refractivity contribution in [2.75, 3.05) is 0 Å². The molecule has 0 radical (unpaired) electrons. The summed E-state index contributed by atoms with van der Waals surface area (Å²) in [4.78, 5) is 4.59. The van der Waals surface area contributed by atoms with Crippen molar-refractivity contribution in [3.63, 3.8) is 0 Å². The molecule has 0 bridgehead atoms. The smallest absolute Gasteiger partial charge is 0.0723 e. The Bertz CT molecular complexity index is 782. The third kappa shape index (κ3) is 3.72. The van der Waals surface area contributed by atoms with Gasteiger partial charge in [-0.05, 0) is 29.5 Å². The Morgan fingerprint density at radius 3 is 2.61 bits per heavy atom. The molecule has 0 aliphatic heterocycles. The molecule has 0 saturated heterocycles. The van der Waals surface area contributed by atoms with E-state index in [2.05, 4.69) is 24.1 Å². The number of allylic oxidation sites excluding steroid dienone is 4. The molecule has 3 rings (SSSR count). The van der Waals surface area contributed by atoms with Crippen LogP contribution in [0, 0.1) is 11.3 Å². The van der Waals surface area contributed by atoms with Crippen molar-refractivity contribution in [3.8, 4) is 0 Å². The molecule has 0 unspecified atom stereocenters. The highest BCUT2D eigenvalue weighted by Gasteiger charge is 2.13. The molecule has 2 nitrogen and oxygen atoms in total. The second kappa shape index (κ2) is 7.01. The highest BCUT2D eigenvalue weighted by molar-refractivity contribution is 6.15. The van der Waals surface area contributed by atoms with Gasteiger partial charge in [0.05, 0.1) is 11.4 Å². The lowest BCUT2D eigenvalue weighted by Gasteiger charge is -2.14. The summed E-state index contributed by atoms with van der Waals surface area (Å²) in [7, 11) is 0. The third-order valence-electron chi connectivity index (χ3n) is 3.88. The van der Waals surface area contributed by atoms with Crippen molar-refractivity contribution in [1.82, 2.24) is 0 Å². The quantitative estimate of drug-likeness (QED) is 0.741. The van der Waals surface area contributed by atoms with Crippen molar-refractivity contribution >= 4 is 17.6 Å². The largest absolute Gasteiger partial charge is 0.300 e. The van der Waals surface area contributed by atoms with E-state index in [1.54, 1.807) is 0 Å². The minimum absolute atomic E-state index is 0.482. The van der Waals surface area contributed by atoms with Crippen molar-refractivity contribution in [3.05, 3.63) is 89.5 Å². The molecule has 0 heterocycles. The molecule has 0 fully saturated rings. The SMILES string of the molecule is C[C@H]1C=C(C(=N)c2ccccc2N=Cc2ccccc2)C=CC1. The number of para-hydroxylation sites is 1. The normalized spacial score (nSPS) is 17.3. The van der Waals surface area contributed by atoms with Crippen LogP contribution >= 0.6 is 0 Å². The highest BCUT2D eigenvalue weighted by atomic mass is 14.7. The summed E-state index contributed by atoms with van der Waals surface area (Å²) in [6, 6.07) is 17.9. The lowest BCUT2D eigenvalue weighted by Crippen LogP contribution is -2.06. The predicted molar refractivity (Wildman–Crippen MR) is 98.0 cm³/mol. The molecule has 0 spiro atoms. The van der Waals surface area contributed by atoms with Crippen LogP contribution in [0.1, 0.15) is 24.5 Å².